The number of benzene rings is 2. The van der Waals surface area contributed by atoms with Crippen molar-refractivity contribution >= 4 is 18.0 Å². The Morgan fingerprint density at radius 2 is 1.73 bits per heavy atom. The molecule has 0 heterocycles. The summed E-state index contributed by atoms with van der Waals surface area (Å²) in [6, 6.07) is 16.5. The summed E-state index contributed by atoms with van der Waals surface area (Å²) < 4.78 is 0. The molecule has 2 amide bonds. The second kappa shape index (κ2) is 7.73. The van der Waals surface area contributed by atoms with Gasteiger partial charge in [0.25, 0.3) is 11.8 Å². The summed E-state index contributed by atoms with van der Waals surface area (Å²) >= 11 is 0. The molecule has 2 N–H and O–H groups in total. The number of aryl methyl sites for hydroxylation is 1. The van der Waals surface area contributed by atoms with Crippen molar-refractivity contribution in [3.8, 4) is 0 Å². The fraction of sp³-hybridized carbons (Fsp3) is 0.118. The van der Waals surface area contributed by atoms with E-state index < -0.39 is 0 Å². The lowest BCUT2D eigenvalue weighted by Crippen LogP contribution is -2.34. The van der Waals surface area contributed by atoms with Gasteiger partial charge >= 0.3 is 0 Å². The van der Waals surface area contributed by atoms with Crippen LogP contribution in [0.5, 0.6) is 0 Å². The van der Waals surface area contributed by atoms with Crippen molar-refractivity contribution in [1.29, 1.82) is 0 Å². The minimum absolute atomic E-state index is 0.126. The van der Waals surface area contributed by atoms with Gasteiger partial charge in [-0.1, -0.05) is 48.0 Å². The van der Waals surface area contributed by atoms with Crippen molar-refractivity contribution in [2.24, 2.45) is 5.10 Å². The van der Waals surface area contributed by atoms with Gasteiger partial charge in [-0.05, 0) is 24.6 Å². The Bertz CT molecular complexity index is 664. The first-order chi connectivity index (χ1) is 10.6. The Balaban J connectivity index is 1.76. The van der Waals surface area contributed by atoms with Crippen LogP contribution in [0.15, 0.2) is 59.7 Å². The molecule has 2 aromatic carbocycles. The minimum atomic E-state index is -0.382. The van der Waals surface area contributed by atoms with E-state index in [-0.39, 0.29) is 18.4 Å². The molecule has 112 valence electrons. The molecule has 0 saturated carbocycles. The monoisotopic (exact) mass is 295 g/mol. The number of rotatable bonds is 5. The van der Waals surface area contributed by atoms with E-state index in [9.17, 15) is 9.59 Å². The highest BCUT2D eigenvalue weighted by molar-refractivity contribution is 5.96. The molecular formula is C17H17N3O2. The number of nitrogens with one attached hydrogen (secondary N) is 2. The summed E-state index contributed by atoms with van der Waals surface area (Å²) in [5, 5.41) is 6.38. The van der Waals surface area contributed by atoms with Crippen LogP contribution in [0.25, 0.3) is 0 Å². The largest absolute Gasteiger partial charge is 0.343 e. The Kier molecular flexibility index (Phi) is 5.43. The number of amides is 2. The Hall–Kier alpha value is -2.95. The van der Waals surface area contributed by atoms with E-state index in [1.807, 2.05) is 37.3 Å². The van der Waals surface area contributed by atoms with Crippen LogP contribution in [0.1, 0.15) is 21.5 Å². The highest BCUT2D eigenvalue weighted by Crippen LogP contribution is 2.00. The second-order valence-corrected chi connectivity index (χ2v) is 4.75. The highest BCUT2D eigenvalue weighted by Gasteiger charge is 2.06. The summed E-state index contributed by atoms with van der Waals surface area (Å²) in [5.74, 6) is -0.675. The zero-order valence-corrected chi connectivity index (χ0v) is 12.2. The van der Waals surface area contributed by atoms with Crippen molar-refractivity contribution in [3.63, 3.8) is 0 Å². The van der Waals surface area contributed by atoms with Gasteiger partial charge in [-0.2, -0.15) is 5.10 Å². The summed E-state index contributed by atoms with van der Waals surface area (Å²) in [5.41, 5.74) is 4.93. The van der Waals surface area contributed by atoms with Gasteiger partial charge in [-0.15, -0.1) is 0 Å². The third kappa shape index (κ3) is 4.86. The van der Waals surface area contributed by atoms with Gasteiger partial charge in [-0.3, -0.25) is 9.59 Å². The minimum Gasteiger partial charge on any atom is -0.343 e. The van der Waals surface area contributed by atoms with Gasteiger partial charge < -0.3 is 5.32 Å². The smallest absolute Gasteiger partial charge is 0.259 e. The number of hydrazone groups is 1. The van der Waals surface area contributed by atoms with Gasteiger partial charge in [0, 0.05) is 5.56 Å². The number of hydrogen-bond donors (Lipinski definition) is 2. The molecule has 0 saturated heterocycles. The van der Waals surface area contributed by atoms with Crippen molar-refractivity contribution in [1.82, 2.24) is 10.7 Å². The normalized spacial score (nSPS) is 10.4. The molecule has 2 rings (SSSR count). The Morgan fingerprint density at radius 3 is 2.41 bits per heavy atom. The van der Waals surface area contributed by atoms with E-state index in [0.29, 0.717) is 5.56 Å². The van der Waals surface area contributed by atoms with Gasteiger partial charge in [-0.25, -0.2) is 5.43 Å². The number of nitrogens with zero attached hydrogens (tertiary/aromatic N) is 1. The van der Waals surface area contributed by atoms with Crippen LogP contribution in [0.3, 0.4) is 0 Å². The number of hydrogen-bond acceptors (Lipinski definition) is 3. The van der Waals surface area contributed by atoms with Crippen LogP contribution in [0.2, 0.25) is 0 Å². The van der Waals surface area contributed by atoms with Crippen LogP contribution < -0.4 is 10.7 Å². The van der Waals surface area contributed by atoms with Gasteiger partial charge in [0.1, 0.15) is 0 Å². The molecule has 0 aromatic heterocycles. The molecule has 0 radical (unpaired) electrons. The second-order valence-electron chi connectivity index (χ2n) is 4.75. The quantitative estimate of drug-likeness (QED) is 0.653. The van der Waals surface area contributed by atoms with Crippen LogP contribution in [-0.4, -0.2) is 24.6 Å². The number of carbonyl (C=O) groups is 2. The zero-order valence-electron chi connectivity index (χ0n) is 12.2. The number of carbonyl (C=O) groups excluding carboxylic acids is 2. The first-order valence-corrected chi connectivity index (χ1v) is 6.87. The molecular weight excluding hydrogens is 278 g/mol. The van der Waals surface area contributed by atoms with E-state index in [2.05, 4.69) is 15.8 Å². The summed E-state index contributed by atoms with van der Waals surface area (Å²) in [7, 11) is 0. The van der Waals surface area contributed by atoms with Crippen molar-refractivity contribution in [2.75, 3.05) is 6.54 Å². The van der Waals surface area contributed by atoms with Gasteiger partial charge in [0.15, 0.2) is 0 Å². The third-order valence-electron chi connectivity index (χ3n) is 2.93. The lowest BCUT2D eigenvalue weighted by molar-refractivity contribution is -0.120. The third-order valence-corrected chi connectivity index (χ3v) is 2.93. The van der Waals surface area contributed by atoms with E-state index >= 15 is 0 Å². The molecule has 22 heavy (non-hydrogen) atoms. The van der Waals surface area contributed by atoms with Crippen LogP contribution in [0.4, 0.5) is 0 Å². The maximum atomic E-state index is 11.7. The topological polar surface area (TPSA) is 70.6 Å². The average Bonchev–Trinajstić information content (AvgIpc) is 2.55. The van der Waals surface area contributed by atoms with Gasteiger partial charge in [0.05, 0.1) is 12.8 Å². The van der Waals surface area contributed by atoms with E-state index in [1.54, 1.807) is 30.5 Å². The van der Waals surface area contributed by atoms with E-state index in [1.165, 1.54) is 0 Å². The molecule has 0 bridgehead atoms. The molecule has 0 atom stereocenters. The van der Waals surface area contributed by atoms with Crippen molar-refractivity contribution in [3.05, 3.63) is 71.3 Å². The maximum absolute atomic E-state index is 11.7. The van der Waals surface area contributed by atoms with Crippen LogP contribution in [0, 0.1) is 6.92 Å². The predicted octanol–water partition coefficient (Wildman–Crippen LogP) is 1.88. The lowest BCUT2D eigenvalue weighted by atomic mass is 10.2. The summed E-state index contributed by atoms with van der Waals surface area (Å²) in [6.45, 7) is 1.87. The van der Waals surface area contributed by atoms with Gasteiger partial charge in [0.2, 0.25) is 0 Å². The zero-order chi connectivity index (χ0) is 15.8. The molecule has 0 fully saturated rings. The Labute approximate surface area is 129 Å². The molecule has 0 aliphatic heterocycles. The van der Waals surface area contributed by atoms with Crippen molar-refractivity contribution < 1.29 is 9.59 Å². The Morgan fingerprint density at radius 1 is 1.05 bits per heavy atom. The van der Waals surface area contributed by atoms with Crippen molar-refractivity contribution in [2.45, 2.75) is 6.92 Å². The standard InChI is InChI=1S/C17H17N3O2/c1-13-7-9-14(10-8-13)11-19-20-16(21)12-18-17(22)15-5-3-2-4-6-15/h2-11H,12H2,1H3,(H,18,22)(H,20,21). The van der Waals surface area contributed by atoms with E-state index in [4.69, 9.17) is 0 Å². The lowest BCUT2D eigenvalue weighted by Gasteiger charge is -2.03. The SMILES string of the molecule is Cc1ccc(C=NNC(=O)CNC(=O)c2ccccc2)cc1. The van der Waals surface area contributed by atoms with Crippen LogP contribution >= 0.6 is 0 Å². The fourth-order valence-electron chi connectivity index (χ4n) is 1.72. The first-order valence-electron chi connectivity index (χ1n) is 6.87. The summed E-state index contributed by atoms with van der Waals surface area (Å²) in [6.07, 6.45) is 1.55. The predicted molar refractivity (Wildman–Crippen MR) is 85.7 cm³/mol. The maximum Gasteiger partial charge on any atom is 0.259 e. The molecule has 5 heteroatoms. The molecule has 5 nitrogen and oxygen atoms in total. The molecule has 0 aliphatic rings. The van der Waals surface area contributed by atoms with Crippen LogP contribution in [-0.2, 0) is 4.79 Å². The molecule has 0 aliphatic carbocycles. The average molecular weight is 295 g/mol. The summed E-state index contributed by atoms with van der Waals surface area (Å²) in [4.78, 5) is 23.3. The fourth-order valence-corrected chi connectivity index (χ4v) is 1.72. The molecule has 0 spiro atoms. The first kappa shape index (κ1) is 15.4. The highest BCUT2D eigenvalue weighted by atomic mass is 16.2. The molecule has 0 unspecified atom stereocenters. The molecule has 2 aromatic rings. The van der Waals surface area contributed by atoms with E-state index in [0.717, 1.165) is 11.1 Å².